The van der Waals surface area contributed by atoms with E-state index in [4.69, 9.17) is 5.11 Å². The number of anilines is 1. The molecule has 2 rings (SSSR count). The maximum atomic E-state index is 10.7. The molecule has 0 aliphatic carbocycles. The van der Waals surface area contributed by atoms with Gasteiger partial charge in [-0.05, 0) is 25.6 Å². The van der Waals surface area contributed by atoms with Crippen molar-refractivity contribution in [2.24, 2.45) is 0 Å². The second kappa shape index (κ2) is 7.75. The zero-order valence-electron chi connectivity index (χ0n) is 12.0. The Hall–Kier alpha value is -1.92. The molecule has 0 bridgehead atoms. The highest BCUT2D eigenvalue weighted by molar-refractivity contribution is 7.13. The van der Waals surface area contributed by atoms with Crippen LogP contribution in [-0.2, 0) is 6.54 Å². The van der Waals surface area contributed by atoms with Crippen molar-refractivity contribution >= 4 is 22.4 Å². The van der Waals surface area contributed by atoms with E-state index in [1.165, 1.54) is 16.9 Å². The molecule has 0 unspecified atom stereocenters. The smallest absolute Gasteiger partial charge is 0.355 e. The fourth-order valence-corrected chi connectivity index (χ4v) is 2.68. The molecular formula is C15H19N3O2S. The van der Waals surface area contributed by atoms with Crippen LogP contribution >= 0.6 is 11.3 Å². The summed E-state index contributed by atoms with van der Waals surface area (Å²) in [5.41, 5.74) is 1.41. The van der Waals surface area contributed by atoms with Crippen LogP contribution in [0.4, 0.5) is 5.13 Å². The highest BCUT2D eigenvalue weighted by Gasteiger charge is 2.07. The van der Waals surface area contributed by atoms with Crippen molar-refractivity contribution in [2.45, 2.75) is 13.0 Å². The van der Waals surface area contributed by atoms with E-state index in [-0.39, 0.29) is 5.69 Å². The fraction of sp³-hybridized carbons (Fsp3) is 0.333. The van der Waals surface area contributed by atoms with Gasteiger partial charge in [-0.3, -0.25) is 0 Å². The molecule has 2 N–H and O–H groups in total. The zero-order chi connectivity index (χ0) is 15.1. The molecule has 0 spiro atoms. The number of carbonyl (C=O) groups is 1. The van der Waals surface area contributed by atoms with Gasteiger partial charge < -0.3 is 15.3 Å². The first kappa shape index (κ1) is 15.5. The molecule has 0 aliphatic heterocycles. The monoisotopic (exact) mass is 305 g/mol. The molecule has 1 heterocycles. The second-order valence-corrected chi connectivity index (χ2v) is 5.70. The van der Waals surface area contributed by atoms with Crippen LogP contribution in [0.5, 0.6) is 0 Å². The van der Waals surface area contributed by atoms with Gasteiger partial charge in [0, 0.05) is 18.5 Å². The van der Waals surface area contributed by atoms with Crippen LogP contribution in [0.2, 0.25) is 0 Å². The quantitative estimate of drug-likeness (QED) is 0.734. The van der Waals surface area contributed by atoms with Crippen molar-refractivity contribution in [3.63, 3.8) is 0 Å². The van der Waals surface area contributed by atoms with E-state index in [1.54, 1.807) is 5.38 Å². The Kier molecular flexibility index (Phi) is 5.71. The molecule has 0 saturated heterocycles. The second-order valence-electron chi connectivity index (χ2n) is 4.85. The summed E-state index contributed by atoms with van der Waals surface area (Å²) in [7, 11) is 2.10. The summed E-state index contributed by atoms with van der Waals surface area (Å²) in [6.45, 7) is 2.69. The standard InChI is InChI=1S/C15H19N3O2S/c1-18(10-12-6-3-2-4-7-12)9-5-8-16-15-17-13(11-21-15)14(19)20/h2-4,6-7,11H,5,8-10H2,1H3,(H,16,17)(H,19,20). The summed E-state index contributed by atoms with van der Waals surface area (Å²) in [5.74, 6) is -0.984. The zero-order valence-corrected chi connectivity index (χ0v) is 12.8. The van der Waals surface area contributed by atoms with Gasteiger partial charge >= 0.3 is 5.97 Å². The lowest BCUT2D eigenvalue weighted by Crippen LogP contribution is -2.21. The van der Waals surface area contributed by atoms with Gasteiger partial charge in [-0.1, -0.05) is 30.3 Å². The maximum absolute atomic E-state index is 10.7. The van der Waals surface area contributed by atoms with Crippen molar-refractivity contribution in [2.75, 3.05) is 25.5 Å². The first-order chi connectivity index (χ1) is 10.1. The molecule has 5 nitrogen and oxygen atoms in total. The molecule has 0 saturated carbocycles. The third-order valence-corrected chi connectivity index (χ3v) is 3.81. The predicted octanol–water partition coefficient (Wildman–Crippen LogP) is 2.78. The van der Waals surface area contributed by atoms with Crippen LogP contribution in [0, 0.1) is 0 Å². The lowest BCUT2D eigenvalue weighted by molar-refractivity contribution is 0.0691. The van der Waals surface area contributed by atoms with Gasteiger partial charge in [0.05, 0.1) is 0 Å². The van der Waals surface area contributed by atoms with E-state index >= 15 is 0 Å². The molecule has 1 aromatic heterocycles. The van der Waals surface area contributed by atoms with Gasteiger partial charge in [0.25, 0.3) is 0 Å². The Morgan fingerprint density at radius 1 is 1.38 bits per heavy atom. The number of nitrogens with zero attached hydrogens (tertiary/aromatic N) is 2. The molecule has 0 atom stereocenters. The summed E-state index contributed by atoms with van der Waals surface area (Å²) >= 11 is 1.32. The van der Waals surface area contributed by atoms with Crippen LogP contribution in [0.15, 0.2) is 35.7 Å². The Balaban J connectivity index is 1.66. The van der Waals surface area contributed by atoms with Gasteiger partial charge in [0.1, 0.15) is 0 Å². The first-order valence-corrected chi connectivity index (χ1v) is 7.68. The lowest BCUT2D eigenvalue weighted by atomic mass is 10.2. The minimum Gasteiger partial charge on any atom is -0.476 e. The van der Waals surface area contributed by atoms with Crippen LogP contribution in [0.3, 0.4) is 0 Å². The number of nitrogens with one attached hydrogen (secondary N) is 1. The normalized spacial score (nSPS) is 10.8. The molecule has 0 fully saturated rings. The van der Waals surface area contributed by atoms with Gasteiger partial charge in [-0.15, -0.1) is 11.3 Å². The number of carboxylic acids is 1. The summed E-state index contributed by atoms with van der Waals surface area (Å²) in [4.78, 5) is 17.0. The van der Waals surface area contributed by atoms with Crippen LogP contribution in [-0.4, -0.2) is 41.1 Å². The van der Waals surface area contributed by atoms with Gasteiger partial charge in [-0.2, -0.15) is 0 Å². The number of aromatic carboxylic acids is 1. The number of hydrogen-bond acceptors (Lipinski definition) is 5. The van der Waals surface area contributed by atoms with Gasteiger partial charge in [0.2, 0.25) is 0 Å². The Bertz CT molecular complexity index is 571. The third-order valence-electron chi connectivity index (χ3n) is 3.01. The predicted molar refractivity (Wildman–Crippen MR) is 85.0 cm³/mol. The molecule has 112 valence electrons. The number of hydrogen-bond donors (Lipinski definition) is 2. The van der Waals surface area contributed by atoms with E-state index < -0.39 is 5.97 Å². The average Bonchev–Trinajstić information content (AvgIpc) is 2.94. The fourth-order valence-electron chi connectivity index (χ4n) is 1.97. The SMILES string of the molecule is CN(CCCNc1nc(C(=O)O)cs1)Cc1ccccc1. The minimum atomic E-state index is -0.984. The maximum Gasteiger partial charge on any atom is 0.355 e. The topological polar surface area (TPSA) is 65.5 Å². The molecular weight excluding hydrogens is 286 g/mol. The lowest BCUT2D eigenvalue weighted by Gasteiger charge is -2.16. The minimum absolute atomic E-state index is 0.101. The van der Waals surface area contributed by atoms with E-state index in [9.17, 15) is 4.79 Å². The summed E-state index contributed by atoms with van der Waals surface area (Å²) in [6.07, 6.45) is 0.977. The van der Waals surface area contributed by atoms with Crippen molar-refractivity contribution in [1.29, 1.82) is 0 Å². The number of thiazole rings is 1. The van der Waals surface area contributed by atoms with Crippen LogP contribution in [0.1, 0.15) is 22.5 Å². The molecule has 0 amide bonds. The van der Waals surface area contributed by atoms with Crippen molar-refractivity contribution < 1.29 is 9.90 Å². The Morgan fingerprint density at radius 2 is 2.14 bits per heavy atom. The molecule has 21 heavy (non-hydrogen) atoms. The average molecular weight is 305 g/mol. The summed E-state index contributed by atoms with van der Waals surface area (Å²) < 4.78 is 0. The molecule has 2 aromatic rings. The number of rotatable bonds is 8. The Labute approximate surface area is 128 Å². The van der Waals surface area contributed by atoms with Crippen molar-refractivity contribution in [3.05, 3.63) is 47.0 Å². The molecule has 0 radical (unpaired) electrons. The van der Waals surface area contributed by atoms with Crippen molar-refractivity contribution in [1.82, 2.24) is 9.88 Å². The first-order valence-electron chi connectivity index (χ1n) is 6.80. The molecule has 0 aliphatic rings. The number of carboxylic acid groups (broad SMARTS) is 1. The highest BCUT2D eigenvalue weighted by Crippen LogP contribution is 2.15. The molecule has 6 heteroatoms. The van der Waals surface area contributed by atoms with E-state index in [1.807, 2.05) is 18.2 Å². The van der Waals surface area contributed by atoms with Gasteiger partial charge in [-0.25, -0.2) is 9.78 Å². The summed E-state index contributed by atoms with van der Waals surface area (Å²) in [6, 6.07) is 10.4. The van der Waals surface area contributed by atoms with Crippen molar-refractivity contribution in [3.8, 4) is 0 Å². The summed E-state index contributed by atoms with van der Waals surface area (Å²) in [5, 5.41) is 14.2. The van der Waals surface area contributed by atoms with E-state index in [0.717, 1.165) is 26.1 Å². The third kappa shape index (κ3) is 5.17. The molecule has 1 aromatic carbocycles. The largest absolute Gasteiger partial charge is 0.476 e. The highest BCUT2D eigenvalue weighted by atomic mass is 32.1. The number of benzene rings is 1. The van der Waals surface area contributed by atoms with E-state index in [2.05, 4.69) is 34.4 Å². The number of aromatic nitrogens is 1. The Morgan fingerprint density at radius 3 is 2.81 bits per heavy atom. The van der Waals surface area contributed by atoms with E-state index in [0.29, 0.717) is 5.13 Å². The van der Waals surface area contributed by atoms with Crippen LogP contribution < -0.4 is 5.32 Å². The van der Waals surface area contributed by atoms with Crippen LogP contribution in [0.25, 0.3) is 0 Å². The van der Waals surface area contributed by atoms with Gasteiger partial charge in [0.15, 0.2) is 10.8 Å².